The lowest BCUT2D eigenvalue weighted by molar-refractivity contribution is -0.000786. The van der Waals surface area contributed by atoms with Gasteiger partial charge in [0.2, 0.25) is 0 Å². The standard InChI is InChI=1S/C12H14O2/c1-4-12(3)10-7-8(2)5-6-9(10)11(13)14-12/h5-7H,4H2,1-3H3/t12-/m1/s1. The lowest BCUT2D eigenvalue weighted by atomic mass is 9.91. The maximum absolute atomic E-state index is 11.5. The van der Waals surface area contributed by atoms with Gasteiger partial charge in [0.1, 0.15) is 5.60 Å². The molecule has 0 fully saturated rings. The number of esters is 1. The van der Waals surface area contributed by atoms with Crippen LogP contribution in [-0.4, -0.2) is 5.97 Å². The fourth-order valence-corrected chi connectivity index (χ4v) is 1.85. The van der Waals surface area contributed by atoms with E-state index in [1.54, 1.807) is 0 Å². The molecule has 0 N–H and O–H groups in total. The molecular formula is C12H14O2. The highest BCUT2D eigenvalue weighted by molar-refractivity contribution is 5.94. The zero-order chi connectivity index (χ0) is 10.3. The minimum absolute atomic E-state index is 0.190. The Bertz CT molecular complexity index is 395. The molecule has 0 radical (unpaired) electrons. The van der Waals surface area contributed by atoms with Gasteiger partial charge in [0, 0.05) is 5.56 Å². The van der Waals surface area contributed by atoms with Crippen molar-refractivity contribution in [3.8, 4) is 0 Å². The molecule has 0 aromatic heterocycles. The van der Waals surface area contributed by atoms with Crippen LogP contribution >= 0.6 is 0 Å². The molecule has 2 heteroatoms. The summed E-state index contributed by atoms with van der Waals surface area (Å²) in [6, 6.07) is 5.85. The number of fused-ring (bicyclic) bond motifs is 1. The zero-order valence-corrected chi connectivity index (χ0v) is 8.76. The van der Waals surface area contributed by atoms with Crippen molar-refractivity contribution in [3.05, 3.63) is 34.9 Å². The largest absolute Gasteiger partial charge is 0.451 e. The number of hydrogen-bond donors (Lipinski definition) is 0. The summed E-state index contributed by atoms with van der Waals surface area (Å²) in [4.78, 5) is 11.5. The Hall–Kier alpha value is -1.31. The van der Waals surface area contributed by atoms with E-state index in [-0.39, 0.29) is 5.97 Å². The fraction of sp³-hybridized carbons (Fsp3) is 0.417. The van der Waals surface area contributed by atoms with E-state index in [9.17, 15) is 4.79 Å². The van der Waals surface area contributed by atoms with Crippen LogP contribution in [0.15, 0.2) is 18.2 Å². The molecule has 0 unspecified atom stereocenters. The lowest BCUT2D eigenvalue weighted by Gasteiger charge is -2.21. The first kappa shape index (κ1) is 9.25. The second-order valence-electron chi connectivity index (χ2n) is 4.02. The van der Waals surface area contributed by atoms with Gasteiger partial charge < -0.3 is 4.74 Å². The van der Waals surface area contributed by atoms with Gasteiger partial charge in [-0.3, -0.25) is 0 Å². The minimum Gasteiger partial charge on any atom is -0.451 e. The molecule has 0 aliphatic carbocycles. The highest BCUT2D eigenvalue weighted by Crippen LogP contribution is 2.38. The Labute approximate surface area is 83.9 Å². The molecule has 1 aromatic carbocycles. The number of carbonyl (C=O) groups is 1. The highest BCUT2D eigenvalue weighted by Gasteiger charge is 2.39. The Morgan fingerprint density at radius 3 is 2.79 bits per heavy atom. The topological polar surface area (TPSA) is 26.3 Å². The molecule has 1 aliphatic heterocycles. The van der Waals surface area contributed by atoms with Gasteiger partial charge in [0.25, 0.3) is 0 Å². The van der Waals surface area contributed by atoms with Gasteiger partial charge in [-0.05, 0) is 26.3 Å². The van der Waals surface area contributed by atoms with E-state index in [1.165, 1.54) is 5.56 Å². The summed E-state index contributed by atoms with van der Waals surface area (Å²) in [6.45, 7) is 6.03. The molecule has 2 rings (SSSR count). The molecule has 1 atom stereocenters. The fourth-order valence-electron chi connectivity index (χ4n) is 1.85. The van der Waals surface area contributed by atoms with E-state index in [1.807, 2.05) is 39.0 Å². The smallest absolute Gasteiger partial charge is 0.339 e. The summed E-state index contributed by atoms with van der Waals surface area (Å²) in [6.07, 6.45) is 0.815. The Morgan fingerprint density at radius 2 is 2.14 bits per heavy atom. The third kappa shape index (κ3) is 1.14. The number of ether oxygens (including phenoxy) is 1. The van der Waals surface area contributed by atoms with Crippen molar-refractivity contribution in [1.29, 1.82) is 0 Å². The normalized spacial score (nSPS) is 24.6. The Kier molecular flexibility index (Phi) is 1.88. The third-order valence-corrected chi connectivity index (χ3v) is 2.96. The van der Waals surface area contributed by atoms with E-state index in [2.05, 4.69) is 0 Å². The Morgan fingerprint density at radius 1 is 1.43 bits per heavy atom. The number of rotatable bonds is 1. The van der Waals surface area contributed by atoms with Crippen molar-refractivity contribution in [2.45, 2.75) is 32.8 Å². The van der Waals surface area contributed by atoms with Crippen LogP contribution in [-0.2, 0) is 10.3 Å². The van der Waals surface area contributed by atoms with E-state index < -0.39 is 5.60 Å². The number of hydrogen-bond acceptors (Lipinski definition) is 2. The van der Waals surface area contributed by atoms with Crippen molar-refractivity contribution < 1.29 is 9.53 Å². The van der Waals surface area contributed by atoms with E-state index in [0.717, 1.165) is 17.5 Å². The van der Waals surface area contributed by atoms with E-state index in [4.69, 9.17) is 4.74 Å². The minimum atomic E-state index is -0.418. The molecule has 0 saturated heterocycles. The van der Waals surface area contributed by atoms with Gasteiger partial charge in [-0.2, -0.15) is 0 Å². The number of cyclic esters (lactones) is 1. The summed E-state index contributed by atoms with van der Waals surface area (Å²) >= 11 is 0. The van der Waals surface area contributed by atoms with Crippen molar-refractivity contribution in [3.63, 3.8) is 0 Å². The average Bonchev–Trinajstić information content (AvgIpc) is 2.40. The molecule has 1 aromatic rings. The van der Waals surface area contributed by atoms with Crippen molar-refractivity contribution >= 4 is 5.97 Å². The van der Waals surface area contributed by atoms with Crippen LogP contribution in [0.1, 0.15) is 41.8 Å². The molecule has 0 bridgehead atoms. The number of carbonyl (C=O) groups excluding carboxylic acids is 1. The molecule has 0 saturated carbocycles. The first-order chi connectivity index (χ1) is 6.57. The molecule has 2 nitrogen and oxygen atoms in total. The van der Waals surface area contributed by atoms with Gasteiger partial charge in [-0.1, -0.05) is 24.6 Å². The third-order valence-electron chi connectivity index (χ3n) is 2.96. The molecule has 1 aliphatic rings. The van der Waals surface area contributed by atoms with Crippen molar-refractivity contribution in [1.82, 2.24) is 0 Å². The summed E-state index contributed by atoms with van der Waals surface area (Å²) in [5.41, 5.74) is 2.50. The summed E-state index contributed by atoms with van der Waals surface area (Å²) in [5, 5.41) is 0. The number of benzene rings is 1. The van der Waals surface area contributed by atoms with Gasteiger partial charge >= 0.3 is 5.97 Å². The monoisotopic (exact) mass is 190 g/mol. The van der Waals surface area contributed by atoms with Crippen LogP contribution in [0.2, 0.25) is 0 Å². The summed E-state index contributed by atoms with van der Waals surface area (Å²) < 4.78 is 5.38. The maximum Gasteiger partial charge on any atom is 0.339 e. The second-order valence-corrected chi connectivity index (χ2v) is 4.02. The Balaban J connectivity index is 2.62. The average molecular weight is 190 g/mol. The summed E-state index contributed by atoms with van der Waals surface area (Å²) in [5.74, 6) is -0.190. The SMILES string of the molecule is CC[C@@]1(C)OC(=O)c2ccc(C)cc21. The molecule has 74 valence electrons. The van der Waals surface area contributed by atoms with Gasteiger partial charge in [0.05, 0.1) is 5.56 Å². The molecular weight excluding hydrogens is 176 g/mol. The van der Waals surface area contributed by atoms with E-state index in [0.29, 0.717) is 0 Å². The molecule has 0 amide bonds. The molecule has 14 heavy (non-hydrogen) atoms. The van der Waals surface area contributed by atoms with Crippen LogP contribution in [0, 0.1) is 6.92 Å². The van der Waals surface area contributed by atoms with Gasteiger partial charge in [-0.25, -0.2) is 4.79 Å². The first-order valence-electron chi connectivity index (χ1n) is 4.91. The summed E-state index contributed by atoms with van der Waals surface area (Å²) in [7, 11) is 0. The van der Waals surface area contributed by atoms with Gasteiger partial charge in [0.15, 0.2) is 0 Å². The van der Waals surface area contributed by atoms with Crippen LogP contribution in [0.4, 0.5) is 0 Å². The van der Waals surface area contributed by atoms with Crippen LogP contribution < -0.4 is 0 Å². The van der Waals surface area contributed by atoms with Crippen molar-refractivity contribution in [2.75, 3.05) is 0 Å². The predicted molar refractivity (Wildman–Crippen MR) is 54.2 cm³/mol. The first-order valence-corrected chi connectivity index (χ1v) is 4.91. The highest BCUT2D eigenvalue weighted by atomic mass is 16.6. The van der Waals surface area contributed by atoms with Crippen LogP contribution in [0.3, 0.4) is 0 Å². The lowest BCUT2D eigenvalue weighted by Crippen LogP contribution is -2.20. The van der Waals surface area contributed by atoms with E-state index >= 15 is 0 Å². The van der Waals surface area contributed by atoms with Crippen LogP contribution in [0.25, 0.3) is 0 Å². The second kappa shape index (κ2) is 2.84. The van der Waals surface area contributed by atoms with Gasteiger partial charge in [-0.15, -0.1) is 0 Å². The van der Waals surface area contributed by atoms with Crippen LogP contribution in [0.5, 0.6) is 0 Å². The number of aryl methyl sites for hydroxylation is 1. The molecule has 1 heterocycles. The van der Waals surface area contributed by atoms with Crippen molar-refractivity contribution in [2.24, 2.45) is 0 Å². The maximum atomic E-state index is 11.5. The predicted octanol–water partition coefficient (Wildman–Crippen LogP) is 2.79. The molecule has 0 spiro atoms. The zero-order valence-electron chi connectivity index (χ0n) is 8.76. The quantitative estimate of drug-likeness (QED) is 0.636.